The number of carbonyl (C=O) groups is 1. The summed E-state index contributed by atoms with van der Waals surface area (Å²) in [6, 6.07) is 14.3. The highest BCUT2D eigenvalue weighted by atomic mass is 35.5. The molecule has 0 aliphatic rings. The van der Waals surface area contributed by atoms with E-state index in [1.165, 1.54) is 0 Å². The van der Waals surface area contributed by atoms with Gasteiger partial charge in [0.15, 0.2) is 5.82 Å². The van der Waals surface area contributed by atoms with Crippen LogP contribution in [0.25, 0.3) is 11.4 Å². The molecule has 6 heteroatoms. The number of hydrogen-bond acceptors (Lipinski definition) is 4. The molecule has 110 valence electrons. The second-order valence-electron chi connectivity index (χ2n) is 4.89. The largest absolute Gasteiger partial charge is 0.368 e. The maximum Gasteiger partial charge on any atom is 0.281 e. The Bertz CT molecular complexity index is 840. The van der Waals surface area contributed by atoms with Crippen molar-refractivity contribution in [3.63, 3.8) is 0 Å². The standard InChI is InChI=1S/C16H13ClN4O/c1-10-3-2-4-12(9-10)15(22)21-16(18)19-14(20-21)11-5-7-13(17)8-6-11/h2-9H,1H3,(H2,18,19,20). The number of nitrogens with two attached hydrogens (primary N) is 1. The highest BCUT2D eigenvalue weighted by Crippen LogP contribution is 2.20. The lowest BCUT2D eigenvalue weighted by Crippen LogP contribution is -2.16. The van der Waals surface area contributed by atoms with E-state index in [-0.39, 0.29) is 11.9 Å². The summed E-state index contributed by atoms with van der Waals surface area (Å²) >= 11 is 5.86. The van der Waals surface area contributed by atoms with Crippen molar-refractivity contribution in [2.45, 2.75) is 6.92 Å². The van der Waals surface area contributed by atoms with Crippen LogP contribution in [0.2, 0.25) is 5.02 Å². The van der Waals surface area contributed by atoms with Crippen molar-refractivity contribution in [2.75, 3.05) is 5.73 Å². The van der Waals surface area contributed by atoms with Gasteiger partial charge in [0.05, 0.1) is 0 Å². The Balaban J connectivity index is 1.99. The number of benzene rings is 2. The molecule has 0 amide bonds. The first-order valence-corrected chi connectivity index (χ1v) is 7.02. The van der Waals surface area contributed by atoms with Gasteiger partial charge in [0.2, 0.25) is 5.95 Å². The lowest BCUT2D eigenvalue weighted by molar-refractivity contribution is 0.0948. The SMILES string of the molecule is Cc1cccc(C(=O)n2nc(-c3ccc(Cl)cc3)nc2N)c1. The molecule has 2 aromatic carbocycles. The molecule has 5 nitrogen and oxygen atoms in total. The zero-order valence-corrected chi connectivity index (χ0v) is 12.6. The number of halogens is 1. The van der Waals surface area contributed by atoms with Gasteiger partial charge in [-0.25, -0.2) is 0 Å². The summed E-state index contributed by atoms with van der Waals surface area (Å²) in [5.74, 6) is 0.125. The molecule has 1 heterocycles. The third kappa shape index (κ3) is 2.71. The van der Waals surface area contributed by atoms with Crippen LogP contribution in [0, 0.1) is 6.92 Å². The van der Waals surface area contributed by atoms with Crippen molar-refractivity contribution < 1.29 is 4.79 Å². The van der Waals surface area contributed by atoms with Gasteiger partial charge in [-0.3, -0.25) is 4.79 Å². The van der Waals surface area contributed by atoms with E-state index in [0.717, 1.165) is 15.8 Å². The number of aromatic nitrogens is 3. The van der Waals surface area contributed by atoms with Gasteiger partial charge in [-0.2, -0.15) is 9.67 Å². The van der Waals surface area contributed by atoms with E-state index < -0.39 is 0 Å². The third-order valence-corrected chi connectivity index (χ3v) is 3.44. The molecule has 0 unspecified atom stereocenters. The van der Waals surface area contributed by atoms with Gasteiger partial charge in [-0.1, -0.05) is 29.3 Å². The zero-order valence-electron chi connectivity index (χ0n) is 11.8. The Morgan fingerprint density at radius 2 is 1.91 bits per heavy atom. The van der Waals surface area contributed by atoms with Crippen LogP contribution in [-0.2, 0) is 0 Å². The van der Waals surface area contributed by atoms with Gasteiger partial charge < -0.3 is 5.73 Å². The first-order valence-electron chi connectivity index (χ1n) is 6.64. The normalized spacial score (nSPS) is 10.6. The number of rotatable bonds is 2. The van der Waals surface area contributed by atoms with Gasteiger partial charge >= 0.3 is 0 Å². The molecule has 0 atom stereocenters. The average molecular weight is 313 g/mol. The Morgan fingerprint density at radius 3 is 2.59 bits per heavy atom. The average Bonchev–Trinajstić information content (AvgIpc) is 2.89. The lowest BCUT2D eigenvalue weighted by Gasteiger charge is -2.02. The maximum absolute atomic E-state index is 12.5. The molecular weight excluding hydrogens is 300 g/mol. The van der Waals surface area contributed by atoms with Crippen molar-refractivity contribution in [2.24, 2.45) is 0 Å². The van der Waals surface area contributed by atoms with E-state index in [1.807, 2.05) is 19.1 Å². The number of hydrogen-bond donors (Lipinski definition) is 1. The molecule has 0 saturated heterocycles. The quantitative estimate of drug-likeness (QED) is 0.788. The fourth-order valence-electron chi connectivity index (χ4n) is 2.10. The van der Waals surface area contributed by atoms with Crippen molar-refractivity contribution in [3.8, 4) is 11.4 Å². The van der Waals surface area contributed by atoms with E-state index in [4.69, 9.17) is 17.3 Å². The molecule has 3 aromatic rings. The minimum absolute atomic E-state index is 0.0523. The molecule has 0 bridgehead atoms. The predicted octanol–water partition coefficient (Wildman–Crippen LogP) is 3.18. The number of nitrogens with zero attached hydrogens (tertiary/aromatic N) is 3. The summed E-state index contributed by atoms with van der Waals surface area (Å²) in [6.45, 7) is 1.92. The van der Waals surface area contributed by atoms with Crippen LogP contribution in [0.15, 0.2) is 48.5 Å². The molecule has 2 N–H and O–H groups in total. The molecule has 22 heavy (non-hydrogen) atoms. The highest BCUT2D eigenvalue weighted by molar-refractivity contribution is 6.30. The first kappa shape index (κ1) is 14.3. The van der Waals surface area contributed by atoms with Gasteiger partial charge in [0.25, 0.3) is 5.91 Å². The van der Waals surface area contributed by atoms with Gasteiger partial charge in [0, 0.05) is 16.1 Å². The first-order chi connectivity index (χ1) is 10.5. The minimum Gasteiger partial charge on any atom is -0.368 e. The van der Waals surface area contributed by atoms with Gasteiger partial charge in [0.1, 0.15) is 0 Å². The maximum atomic E-state index is 12.5. The predicted molar refractivity (Wildman–Crippen MR) is 85.8 cm³/mol. The molecular formula is C16H13ClN4O. The van der Waals surface area contributed by atoms with Gasteiger partial charge in [-0.15, -0.1) is 5.10 Å². The molecule has 0 aliphatic carbocycles. The summed E-state index contributed by atoms with van der Waals surface area (Å²) in [5, 5.41) is 4.82. The molecule has 0 spiro atoms. The molecule has 0 saturated carbocycles. The summed E-state index contributed by atoms with van der Waals surface area (Å²) in [6.07, 6.45) is 0. The Hall–Kier alpha value is -2.66. The Morgan fingerprint density at radius 1 is 1.18 bits per heavy atom. The van der Waals surface area contributed by atoms with Crippen molar-refractivity contribution in [3.05, 3.63) is 64.7 Å². The van der Waals surface area contributed by atoms with E-state index in [1.54, 1.807) is 36.4 Å². The number of anilines is 1. The van der Waals surface area contributed by atoms with E-state index in [9.17, 15) is 4.79 Å². The van der Waals surface area contributed by atoms with E-state index in [0.29, 0.717) is 16.4 Å². The number of carbonyl (C=O) groups excluding carboxylic acids is 1. The number of nitrogen functional groups attached to an aromatic ring is 1. The summed E-state index contributed by atoms with van der Waals surface area (Å²) in [5.41, 5.74) is 8.07. The van der Waals surface area contributed by atoms with E-state index in [2.05, 4.69) is 10.1 Å². The number of aryl methyl sites for hydroxylation is 1. The highest BCUT2D eigenvalue weighted by Gasteiger charge is 2.16. The smallest absolute Gasteiger partial charge is 0.281 e. The minimum atomic E-state index is -0.311. The monoisotopic (exact) mass is 312 g/mol. The van der Waals surface area contributed by atoms with Crippen molar-refractivity contribution in [1.29, 1.82) is 0 Å². The fraction of sp³-hybridized carbons (Fsp3) is 0.0625. The summed E-state index contributed by atoms with van der Waals surface area (Å²) < 4.78 is 1.11. The second kappa shape index (κ2) is 5.61. The third-order valence-electron chi connectivity index (χ3n) is 3.19. The fourth-order valence-corrected chi connectivity index (χ4v) is 2.22. The van der Waals surface area contributed by atoms with Crippen LogP contribution in [0.5, 0.6) is 0 Å². The van der Waals surface area contributed by atoms with Crippen molar-refractivity contribution in [1.82, 2.24) is 14.8 Å². The zero-order chi connectivity index (χ0) is 15.7. The van der Waals surface area contributed by atoms with Crippen LogP contribution < -0.4 is 5.73 Å². The van der Waals surface area contributed by atoms with E-state index >= 15 is 0 Å². The molecule has 3 rings (SSSR count). The molecule has 1 aromatic heterocycles. The van der Waals surface area contributed by atoms with Gasteiger partial charge in [-0.05, 0) is 43.3 Å². The summed E-state index contributed by atoms with van der Waals surface area (Å²) in [7, 11) is 0. The Labute approximate surface area is 132 Å². The van der Waals surface area contributed by atoms with Crippen LogP contribution >= 0.6 is 11.6 Å². The molecule has 0 fully saturated rings. The van der Waals surface area contributed by atoms with Crippen LogP contribution in [0.1, 0.15) is 15.9 Å². The van der Waals surface area contributed by atoms with Crippen molar-refractivity contribution >= 4 is 23.5 Å². The van der Waals surface area contributed by atoms with Crippen LogP contribution in [0.4, 0.5) is 5.95 Å². The molecule has 0 radical (unpaired) electrons. The Kier molecular flexibility index (Phi) is 3.65. The van der Waals surface area contributed by atoms with Crippen LogP contribution in [0.3, 0.4) is 0 Å². The second-order valence-corrected chi connectivity index (χ2v) is 5.32. The lowest BCUT2D eigenvalue weighted by atomic mass is 10.1. The topological polar surface area (TPSA) is 73.8 Å². The molecule has 0 aliphatic heterocycles. The summed E-state index contributed by atoms with van der Waals surface area (Å²) in [4.78, 5) is 16.6. The van der Waals surface area contributed by atoms with Crippen LogP contribution in [-0.4, -0.2) is 20.7 Å².